The first-order valence-electron chi connectivity index (χ1n) is 11.1. The molecule has 0 unspecified atom stereocenters. The molecule has 3 rings (SSSR count). The van der Waals surface area contributed by atoms with E-state index in [2.05, 4.69) is 35.1 Å². The van der Waals surface area contributed by atoms with Crippen LogP contribution < -0.4 is 5.32 Å². The molecule has 0 aliphatic rings. The number of thiophene rings is 1. The molecule has 0 bridgehead atoms. The Kier molecular flexibility index (Phi) is 9.51. The van der Waals surface area contributed by atoms with Crippen LogP contribution in [0.5, 0.6) is 0 Å². The van der Waals surface area contributed by atoms with E-state index in [-0.39, 0.29) is 24.4 Å². The van der Waals surface area contributed by atoms with Crippen LogP contribution in [0.15, 0.2) is 76.6 Å². The number of carbonyl (C=O) groups excluding carboxylic acids is 2. The summed E-state index contributed by atoms with van der Waals surface area (Å²) in [7, 11) is 0. The maximum Gasteiger partial charge on any atom is 0.322 e. The first-order chi connectivity index (χ1) is 16.0. The molecule has 1 heterocycles. The number of benzene rings is 2. The molecule has 0 aliphatic heterocycles. The third-order valence-corrected chi connectivity index (χ3v) is 7.01. The van der Waals surface area contributed by atoms with Crippen LogP contribution in [0.1, 0.15) is 30.7 Å². The molecule has 0 saturated heterocycles. The number of anilines is 1. The molecule has 33 heavy (non-hydrogen) atoms. The van der Waals surface area contributed by atoms with Crippen molar-refractivity contribution in [1.82, 2.24) is 9.80 Å². The lowest BCUT2D eigenvalue weighted by Gasteiger charge is -2.29. The normalized spacial score (nSPS) is 11.6. The van der Waals surface area contributed by atoms with Gasteiger partial charge in [0.15, 0.2) is 0 Å². The van der Waals surface area contributed by atoms with Crippen LogP contribution in [-0.4, -0.2) is 34.8 Å². The highest BCUT2D eigenvalue weighted by Crippen LogP contribution is 2.22. The van der Waals surface area contributed by atoms with E-state index in [0.29, 0.717) is 25.3 Å². The highest BCUT2D eigenvalue weighted by molar-refractivity contribution is 9.10. The van der Waals surface area contributed by atoms with Gasteiger partial charge in [0.2, 0.25) is 5.91 Å². The first-order valence-corrected chi connectivity index (χ1v) is 12.8. The number of para-hydroxylation sites is 1. The third-order valence-electron chi connectivity index (χ3n) is 5.45. The third kappa shape index (κ3) is 7.72. The average Bonchev–Trinajstić information content (AvgIpc) is 3.33. The Hall–Kier alpha value is -2.64. The summed E-state index contributed by atoms with van der Waals surface area (Å²) in [6.07, 6.45) is 0.927. The summed E-state index contributed by atoms with van der Waals surface area (Å²) in [6, 6.07) is 21.2. The van der Waals surface area contributed by atoms with E-state index < -0.39 is 0 Å². The number of nitrogens with one attached hydrogen (secondary N) is 1. The largest absolute Gasteiger partial charge is 0.332 e. The molecular formula is C26H30BrN3O2S. The van der Waals surface area contributed by atoms with Gasteiger partial charge in [0.1, 0.15) is 6.54 Å². The van der Waals surface area contributed by atoms with E-state index >= 15 is 0 Å². The smallest absolute Gasteiger partial charge is 0.322 e. The fourth-order valence-corrected chi connectivity index (χ4v) is 4.47. The van der Waals surface area contributed by atoms with Gasteiger partial charge in [0.05, 0.1) is 12.2 Å². The highest BCUT2D eigenvalue weighted by Gasteiger charge is 2.24. The Bertz CT molecular complexity index is 1030. The van der Waals surface area contributed by atoms with Crippen LogP contribution >= 0.6 is 27.3 Å². The second-order valence-electron chi connectivity index (χ2n) is 8.12. The SMILES string of the molecule is CC[C@H](C)CN(CC(=O)N(Cc1ccccc1)Cc1cccs1)C(=O)Nc1ccccc1Br. The van der Waals surface area contributed by atoms with Gasteiger partial charge in [-0.3, -0.25) is 4.79 Å². The maximum atomic E-state index is 13.5. The lowest BCUT2D eigenvalue weighted by Crippen LogP contribution is -2.45. The lowest BCUT2D eigenvalue weighted by atomic mass is 10.1. The molecule has 2 aromatic carbocycles. The van der Waals surface area contributed by atoms with Crippen LogP contribution in [0.3, 0.4) is 0 Å². The lowest BCUT2D eigenvalue weighted by molar-refractivity contribution is -0.133. The summed E-state index contributed by atoms with van der Waals surface area (Å²) in [4.78, 5) is 31.2. The van der Waals surface area contributed by atoms with Crippen molar-refractivity contribution in [2.24, 2.45) is 5.92 Å². The summed E-state index contributed by atoms with van der Waals surface area (Å²) in [5.41, 5.74) is 1.75. The summed E-state index contributed by atoms with van der Waals surface area (Å²) in [6.45, 7) is 5.75. The molecule has 0 spiro atoms. The van der Waals surface area contributed by atoms with Crippen molar-refractivity contribution in [3.8, 4) is 0 Å². The molecule has 1 aromatic heterocycles. The Morgan fingerprint density at radius 1 is 0.970 bits per heavy atom. The standard InChI is InChI=1S/C26H30BrN3O2S/c1-3-20(2)16-30(26(32)28-24-14-8-7-13-23(24)27)19-25(31)29(18-22-12-9-15-33-22)17-21-10-5-4-6-11-21/h4-15,20H,3,16-19H2,1-2H3,(H,28,32)/t20-/m0/s1. The molecule has 3 aromatic rings. The minimum absolute atomic E-state index is 0.0266. The zero-order valence-corrected chi connectivity index (χ0v) is 21.4. The number of amides is 3. The van der Waals surface area contributed by atoms with Crippen molar-refractivity contribution in [3.63, 3.8) is 0 Å². The van der Waals surface area contributed by atoms with Crippen LogP contribution in [0.25, 0.3) is 0 Å². The van der Waals surface area contributed by atoms with Crippen molar-refractivity contribution in [2.45, 2.75) is 33.4 Å². The number of rotatable bonds is 10. The van der Waals surface area contributed by atoms with Crippen LogP contribution in [0.4, 0.5) is 10.5 Å². The van der Waals surface area contributed by atoms with Crippen molar-refractivity contribution in [3.05, 3.63) is 87.0 Å². The van der Waals surface area contributed by atoms with Gasteiger partial charge in [-0.25, -0.2) is 4.79 Å². The van der Waals surface area contributed by atoms with Crippen LogP contribution in [0, 0.1) is 5.92 Å². The Morgan fingerprint density at radius 3 is 2.36 bits per heavy atom. The molecule has 174 valence electrons. The summed E-state index contributed by atoms with van der Waals surface area (Å²) in [5.74, 6) is 0.209. The van der Waals surface area contributed by atoms with Gasteiger partial charge in [-0.15, -0.1) is 11.3 Å². The van der Waals surface area contributed by atoms with Gasteiger partial charge in [-0.2, -0.15) is 0 Å². The van der Waals surface area contributed by atoms with Crippen molar-refractivity contribution < 1.29 is 9.59 Å². The quantitative estimate of drug-likeness (QED) is 0.322. The minimum atomic E-state index is -0.272. The van der Waals surface area contributed by atoms with Gasteiger partial charge in [0, 0.05) is 22.4 Å². The molecule has 0 aliphatic carbocycles. The summed E-state index contributed by atoms with van der Waals surface area (Å²) < 4.78 is 0.802. The number of carbonyl (C=O) groups is 2. The van der Waals surface area contributed by atoms with Gasteiger partial charge in [-0.1, -0.05) is 68.8 Å². The number of nitrogens with zero attached hydrogens (tertiary/aromatic N) is 2. The van der Waals surface area contributed by atoms with Crippen LogP contribution in [0.2, 0.25) is 0 Å². The van der Waals surface area contributed by atoms with Gasteiger partial charge >= 0.3 is 6.03 Å². The zero-order valence-electron chi connectivity index (χ0n) is 19.0. The number of hydrogen-bond donors (Lipinski definition) is 1. The zero-order chi connectivity index (χ0) is 23.6. The fraction of sp³-hybridized carbons (Fsp3) is 0.308. The summed E-state index contributed by atoms with van der Waals surface area (Å²) in [5, 5.41) is 4.97. The molecular weight excluding hydrogens is 498 g/mol. The number of urea groups is 1. The molecule has 5 nitrogen and oxygen atoms in total. The second-order valence-corrected chi connectivity index (χ2v) is 10.0. The van der Waals surface area contributed by atoms with E-state index in [1.54, 1.807) is 16.2 Å². The van der Waals surface area contributed by atoms with Gasteiger partial charge in [0.25, 0.3) is 0 Å². The Labute approximate surface area is 208 Å². The van der Waals surface area contributed by atoms with Crippen molar-refractivity contribution >= 4 is 44.9 Å². The van der Waals surface area contributed by atoms with Gasteiger partial charge in [-0.05, 0) is 51.0 Å². The van der Waals surface area contributed by atoms with E-state index in [9.17, 15) is 9.59 Å². The van der Waals surface area contributed by atoms with E-state index in [0.717, 1.165) is 21.3 Å². The fourth-order valence-electron chi connectivity index (χ4n) is 3.37. The molecule has 1 N–H and O–H groups in total. The average molecular weight is 529 g/mol. The Balaban J connectivity index is 1.77. The summed E-state index contributed by atoms with van der Waals surface area (Å²) >= 11 is 5.11. The topological polar surface area (TPSA) is 52.7 Å². The second kappa shape index (κ2) is 12.6. The molecule has 3 amide bonds. The highest BCUT2D eigenvalue weighted by atomic mass is 79.9. The number of hydrogen-bond acceptors (Lipinski definition) is 3. The molecule has 0 radical (unpaired) electrons. The molecule has 0 fully saturated rings. The molecule has 0 saturated carbocycles. The Morgan fingerprint density at radius 2 is 1.70 bits per heavy atom. The van der Waals surface area contributed by atoms with Crippen molar-refractivity contribution in [1.29, 1.82) is 0 Å². The predicted molar refractivity (Wildman–Crippen MR) is 139 cm³/mol. The monoisotopic (exact) mass is 527 g/mol. The first kappa shape index (κ1) is 25.0. The van der Waals surface area contributed by atoms with E-state index in [1.807, 2.05) is 77.0 Å². The maximum absolute atomic E-state index is 13.5. The number of halogens is 1. The predicted octanol–water partition coefficient (Wildman–Crippen LogP) is 6.62. The molecule has 1 atom stereocenters. The molecule has 7 heteroatoms. The van der Waals surface area contributed by atoms with E-state index in [1.165, 1.54) is 0 Å². The van der Waals surface area contributed by atoms with Crippen molar-refractivity contribution in [2.75, 3.05) is 18.4 Å². The van der Waals surface area contributed by atoms with Gasteiger partial charge < -0.3 is 15.1 Å². The van der Waals surface area contributed by atoms with Crippen LogP contribution in [-0.2, 0) is 17.9 Å². The van der Waals surface area contributed by atoms with E-state index in [4.69, 9.17) is 0 Å². The minimum Gasteiger partial charge on any atom is -0.332 e.